The van der Waals surface area contributed by atoms with Crippen LogP contribution in [0.5, 0.6) is 0 Å². The van der Waals surface area contributed by atoms with Gasteiger partial charge in [0.15, 0.2) is 0 Å². The molecule has 1 aromatic rings. The molecule has 1 aromatic heterocycles. The van der Waals surface area contributed by atoms with Gasteiger partial charge < -0.3 is 5.32 Å². The molecular weight excluding hydrogens is 292 g/mol. The summed E-state index contributed by atoms with van der Waals surface area (Å²) in [6, 6.07) is 1.70. The Labute approximate surface area is 127 Å². The predicted octanol–water partition coefficient (Wildman–Crippen LogP) is 2.96. The maximum atomic E-state index is 12.4. The highest BCUT2D eigenvalue weighted by Crippen LogP contribution is 2.22. The van der Waals surface area contributed by atoms with Gasteiger partial charge in [0.1, 0.15) is 0 Å². The van der Waals surface area contributed by atoms with E-state index in [1.54, 1.807) is 6.07 Å². The minimum atomic E-state index is -3.38. The second kappa shape index (κ2) is 8.77. The van der Waals surface area contributed by atoms with Gasteiger partial charge in [0.05, 0.1) is 4.90 Å². The Morgan fingerprint density at radius 3 is 2.55 bits per heavy atom. The second-order valence-corrected chi connectivity index (χ2v) is 7.66. The molecule has 116 valence electrons. The smallest absolute Gasteiger partial charge is 0.241 e. The number of sulfonamides is 1. The average Bonchev–Trinajstić information content (AvgIpc) is 2.89. The van der Waals surface area contributed by atoms with Crippen LogP contribution in [0.2, 0.25) is 0 Å². The van der Waals surface area contributed by atoms with Crippen molar-refractivity contribution in [3.8, 4) is 0 Å². The molecule has 4 nitrogen and oxygen atoms in total. The van der Waals surface area contributed by atoms with Crippen molar-refractivity contribution in [1.82, 2.24) is 10.0 Å². The van der Waals surface area contributed by atoms with Crippen LogP contribution in [0.3, 0.4) is 0 Å². The van der Waals surface area contributed by atoms with Crippen LogP contribution in [-0.2, 0) is 16.6 Å². The van der Waals surface area contributed by atoms with E-state index in [-0.39, 0.29) is 0 Å². The second-order valence-electron chi connectivity index (χ2n) is 4.92. The summed E-state index contributed by atoms with van der Waals surface area (Å²) in [7, 11) is -3.38. The molecule has 0 unspecified atom stereocenters. The summed E-state index contributed by atoms with van der Waals surface area (Å²) in [5.41, 5.74) is 0. The molecule has 0 radical (unpaired) electrons. The Morgan fingerprint density at radius 1 is 1.25 bits per heavy atom. The molecular formula is C14H26N2O2S2. The van der Waals surface area contributed by atoms with Gasteiger partial charge in [-0.25, -0.2) is 13.1 Å². The van der Waals surface area contributed by atoms with E-state index < -0.39 is 10.0 Å². The summed E-state index contributed by atoms with van der Waals surface area (Å²) >= 11 is 1.49. The average molecular weight is 319 g/mol. The first-order chi connectivity index (χ1) is 9.55. The molecule has 0 amide bonds. The highest BCUT2D eigenvalue weighted by Gasteiger charge is 2.20. The van der Waals surface area contributed by atoms with E-state index in [0.29, 0.717) is 23.9 Å². The van der Waals surface area contributed by atoms with Gasteiger partial charge >= 0.3 is 0 Å². The highest BCUT2D eigenvalue weighted by molar-refractivity contribution is 7.89. The van der Waals surface area contributed by atoms with Crippen LogP contribution in [0, 0.1) is 5.92 Å². The van der Waals surface area contributed by atoms with E-state index in [4.69, 9.17) is 0 Å². The zero-order valence-corrected chi connectivity index (χ0v) is 14.2. The minimum absolute atomic E-state index is 0.407. The summed E-state index contributed by atoms with van der Waals surface area (Å²) < 4.78 is 27.4. The lowest BCUT2D eigenvalue weighted by Crippen LogP contribution is -2.29. The Kier molecular flexibility index (Phi) is 7.72. The molecule has 0 aliphatic rings. The van der Waals surface area contributed by atoms with Gasteiger partial charge in [-0.3, -0.25) is 0 Å². The molecule has 6 heteroatoms. The molecule has 1 rings (SSSR count). The topological polar surface area (TPSA) is 58.2 Å². The van der Waals surface area contributed by atoms with E-state index in [9.17, 15) is 8.42 Å². The first-order valence-corrected chi connectivity index (χ1v) is 9.68. The van der Waals surface area contributed by atoms with E-state index in [1.165, 1.54) is 11.3 Å². The van der Waals surface area contributed by atoms with Crippen molar-refractivity contribution >= 4 is 21.4 Å². The summed E-state index contributed by atoms with van der Waals surface area (Å²) in [5.74, 6) is 0.407. The molecule has 2 N–H and O–H groups in total. The van der Waals surface area contributed by atoms with Crippen molar-refractivity contribution in [2.24, 2.45) is 5.92 Å². The van der Waals surface area contributed by atoms with Gasteiger partial charge in [0, 0.05) is 18.0 Å². The monoisotopic (exact) mass is 318 g/mol. The van der Waals surface area contributed by atoms with Gasteiger partial charge in [0.2, 0.25) is 10.0 Å². The van der Waals surface area contributed by atoms with Gasteiger partial charge in [-0.05, 0) is 30.3 Å². The zero-order valence-electron chi connectivity index (χ0n) is 12.6. The number of thiophene rings is 1. The third-order valence-electron chi connectivity index (χ3n) is 3.42. The summed E-state index contributed by atoms with van der Waals surface area (Å²) in [6.07, 6.45) is 3.03. The summed E-state index contributed by atoms with van der Waals surface area (Å²) in [6.45, 7) is 8.31. The van der Waals surface area contributed by atoms with E-state index in [2.05, 4.69) is 30.8 Å². The van der Waals surface area contributed by atoms with Gasteiger partial charge in [-0.15, -0.1) is 11.3 Å². The van der Waals surface area contributed by atoms with Crippen LogP contribution in [0.15, 0.2) is 16.3 Å². The molecule has 0 bridgehead atoms. The first-order valence-electron chi connectivity index (χ1n) is 7.31. The van der Waals surface area contributed by atoms with Crippen LogP contribution in [0.25, 0.3) is 0 Å². The normalized spacial score (nSPS) is 12.2. The molecule has 0 aliphatic carbocycles. The molecule has 0 saturated heterocycles. The molecule has 1 heterocycles. The third-order valence-corrected chi connectivity index (χ3v) is 5.98. The van der Waals surface area contributed by atoms with Crippen LogP contribution >= 0.6 is 11.3 Å². The maximum Gasteiger partial charge on any atom is 0.241 e. The fourth-order valence-corrected chi connectivity index (χ4v) is 4.49. The van der Waals surface area contributed by atoms with Gasteiger partial charge in [-0.1, -0.05) is 33.6 Å². The number of hydrogen-bond acceptors (Lipinski definition) is 4. The summed E-state index contributed by atoms with van der Waals surface area (Å²) in [4.78, 5) is 1.31. The van der Waals surface area contributed by atoms with Gasteiger partial charge in [-0.2, -0.15) is 0 Å². The third kappa shape index (κ3) is 5.16. The van der Waals surface area contributed by atoms with E-state index in [0.717, 1.165) is 30.7 Å². The van der Waals surface area contributed by atoms with Crippen LogP contribution in [0.1, 0.15) is 44.9 Å². The maximum absolute atomic E-state index is 12.4. The molecule has 0 aliphatic heterocycles. The lowest BCUT2D eigenvalue weighted by molar-refractivity contribution is 0.478. The number of hydrogen-bond donors (Lipinski definition) is 2. The van der Waals surface area contributed by atoms with Gasteiger partial charge in [0.25, 0.3) is 0 Å². The Morgan fingerprint density at radius 2 is 1.95 bits per heavy atom. The van der Waals surface area contributed by atoms with Crippen molar-refractivity contribution < 1.29 is 8.42 Å². The largest absolute Gasteiger partial charge is 0.312 e. The zero-order chi connectivity index (χ0) is 15.0. The highest BCUT2D eigenvalue weighted by atomic mass is 32.2. The molecule has 20 heavy (non-hydrogen) atoms. The first kappa shape index (κ1) is 17.6. The molecule has 0 aromatic carbocycles. The fourth-order valence-electron chi connectivity index (χ4n) is 1.96. The van der Waals surface area contributed by atoms with Crippen LogP contribution in [-0.4, -0.2) is 21.5 Å². The number of rotatable bonds is 10. The number of nitrogens with one attached hydrogen (secondary N) is 2. The standard InChI is InChI=1S/C14H26N2O2S2/c1-4-8-15-11-13-14(7-9-19-13)20(17,18)16-10-12(5-2)6-3/h7,9,12,15-16H,4-6,8,10-11H2,1-3H3. The SMILES string of the molecule is CCCNCc1sccc1S(=O)(=O)NCC(CC)CC. The molecule has 0 fully saturated rings. The minimum Gasteiger partial charge on any atom is -0.312 e. The lowest BCUT2D eigenvalue weighted by atomic mass is 10.0. The van der Waals surface area contributed by atoms with Crippen molar-refractivity contribution in [1.29, 1.82) is 0 Å². The van der Waals surface area contributed by atoms with Crippen LogP contribution < -0.4 is 10.0 Å². The fraction of sp³-hybridized carbons (Fsp3) is 0.714. The predicted molar refractivity (Wildman–Crippen MR) is 85.6 cm³/mol. The van der Waals surface area contributed by atoms with E-state index >= 15 is 0 Å². The van der Waals surface area contributed by atoms with Crippen LogP contribution in [0.4, 0.5) is 0 Å². The van der Waals surface area contributed by atoms with E-state index in [1.807, 2.05) is 5.38 Å². The Balaban J connectivity index is 2.70. The Bertz CT molecular complexity index is 479. The molecule has 0 atom stereocenters. The molecule has 0 spiro atoms. The quantitative estimate of drug-likeness (QED) is 0.652. The van der Waals surface area contributed by atoms with Crippen molar-refractivity contribution in [2.75, 3.05) is 13.1 Å². The molecule has 0 saturated carbocycles. The van der Waals surface area contributed by atoms with Crippen molar-refractivity contribution in [3.63, 3.8) is 0 Å². The lowest BCUT2D eigenvalue weighted by Gasteiger charge is -2.14. The summed E-state index contributed by atoms with van der Waals surface area (Å²) in [5, 5.41) is 5.10. The van der Waals surface area contributed by atoms with Crippen molar-refractivity contribution in [3.05, 3.63) is 16.3 Å². The van der Waals surface area contributed by atoms with Crippen molar-refractivity contribution in [2.45, 2.75) is 51.5 Å². The Hall–Kier alpha value is -0.430.